The van der Waals surface area contributed by atoms with Crippen LogP contribution in [0.2, 0.25) is 0 Å². The number of ether oxygens (including phenoxy) is 1. The maximum Gasteiger partial charge on any atom is 0.341 e. The fourth-order valence-electron chi connectivity index (χ4n) is 2.81. The number of imide groups is 1. The summed E-state index contributed by atoms with van der Waals surface area (Å²) < 4.78 is 5.22. The van der Waals surface area contributed by atoms with Crippen molar-refractivity contribution in [1.29, 1.82) is 0 Å². The van der Waals surface area contributed by atoms with E-state index in [-0.39, 0.29) is 10.7 Å². The van der Waals surface area contributed by atoms with E-state index in [9.17, 15) is 19.2 Å². The number of anilines is 1. The third kappa shape index (κ3) is 5.52. The van der Waals surface area contributed by atoms with Gasteiger partial charge in [0, 0.05) is 11.3 Å². The molecular weight excluding hydrogens is 420 g/mol. The number of benzene rings is 2. The Labute approximate surface area is 182 Å². The molecule has 31 heavy (non-hydrogen) atoms. The van der Waals surface area contributed by atoms with Crippen LogP contribution in [0.3, 0.4) is 0 Å². The molecule has 1 fully saturated rings. The van der Waals surface area contributed by atoms with E-state index < -0.39 is 36.2 Å². The molecule has 0 bridgehead atoms. The first kappa shape index (κ1) is 22.1. The molecule has 0 unspecified atom stereocenters. The molecular formula is C22H20N2O6S. The van der Waals surface area contributed by atoms with Crippen LogP contribution in [0.4, 0.5) is 10.5 Å². The van der Waals surface area contributed by atoms with Crippen LogP contribution in [-0.2, 0) is 14.4 Å². The van der Waals surface area contributed by atoms with Crippen LogP contribution in [0.5, 0.6) is 5.75 Å². The van der Waals surface area contributed by atoms with Crippen LogP contribution in [-0.4, -0.2) is 46.2 Å². The lowest BCUT2D eigenvalue weighted by Crippen LogP contribution is -2.36. The highest BCUT2D eigenvalue weighted by molar-refractivity contribution is 8.18. The summed E-state index contributed by atoms with van der Waals surface area (Å²) in [5.74, 6) is -1.95. The molecule has 2 aromatic rings. The minimum absolute atomic E-state index is 0.121. The van der Waals surface area contributed by atoms with Crippen LogP contribution in [0.1, 0.15) is 16.7 Å². The molecule has 0 radical (unpaired) electrons. The molecule has 0 aromatic heterocycles. The molecule has 2 aromatic carbocycles. The van der Waals surface area contributed by atoms with Crippen molar-refractivity contribution >= 4 is 46.5 Å². The number of carboxylic acid groups (broad SMARTS) is 1. The first-order valence-electron chi connectivity index (χ1n) is 9.30. The number of hydrogen-bond acceptors (Lipinski definition) is 6. The predicted octanol–water partition coefficient (Wildman–Crippen LogP) is 3.44. The van der Waals surface area contributed by atoms with E-state index in [1.54, 1.807) is 30.3 Å². The van der Waals surface area contributed by atoms with E-state index in [4.69, 9.17) is 9.84 Å². The highest BCUT2D eigenvalue weighted by atomic mass is 32.2. The number of carbonyl (C=O) groups is 4. The largest absolute Gasteiger partial charge is 0.481 e. The van der Waals surface area contributed by atoms with Crippen molar-refractivity contribution in [3.8, 4) is 5.75 Å². The Morgan fingerprint density at radius 1 is 1.13 bits per heavy atom. The molecule has 1 aliphatic rings. The number of nitrogens with zero attached hydrogens (tertiary/aromatic N) is 1. The van der Waals surface area contributed by atoms with Crippen LogP contribution < -0.4 is 10.1 Å². The van der Waals surface area contributed by atoms with E-state index >= 15 is 0 Å². The van der Waals surface area contributed by atoms with E-state index in [1.807, 2.05) is 26.0 Å². The Kier molecular flexibility index (Phi) is 6.76. The standard InChI is InChI=1S/C22H20N2O6S/c1-13-7-8-16(9-14(13)2)23-19(25)11-24-21(28)18(31-22(24)29)10-15-5-3-4-6-17(15)30-12-20(26)27/h3-10H,11-12H2,1-2H3,(H,23,25)(H,26,27)/b18-10+. The number of rotatable bonds is 7. The van der Waals surface area contributed by atoms with E-state index in [0.29, 0.717) is 23.0 Å². The third-order valence-corrected chi connectivity index (χ3v) is 5.43. The lowest BCUT2D eigenvalue weighted by Gasteiger charge is -2.13. The van der Waals surface area contributed by atoms with E-state index in [2.05, 4.69) is 5.32 Å². The van der Waals surface area contributed by atoms with Gasteiger partial charge in [-0.3, -0.25) is 19.3 Å². The first-order chi connectivity index (χ1) is 14.7. The minimum atomic E-state index is -1.13. The molecule has 1 saturated heterocycles. The Balaban J connectivity index is 1.71. The van der Waals surface area contributed by atoms with Gasteiger partial charge in [0.05, 0.1) is 4.91 Å². The van der Waals surface area contributed by atoms with Crippen molar-refractivity contribution in [1.82, 2.24) is 4.90 Å². The number of hydrogen-bond donors (Lipinski definition) is 2. The van der Waals surface area contributed by atoms with Gasteiger partial charge in [-0.1, -0.05) is 24.3 Å². The Hall–Kier alpha value is -3.59. The van der Waals surface area contributed by atoms with Crippen LogP contribution in [0.15, 0.2) is 47.4 Å². The fraction of sp³-hybridized carbons (Fsp3) is 0.182. The summed E-state index contributed by atoms with van der Waals surface area (Å²) in [7, 11) is 0. The van der Waals surface area contributed by atoms with Crippen molar-refractivity contribution in [2.75, 3.05) is 18.5 Å². The van der Waals surface area contributed by atoms with Gasteiger partial charge in [-0.2, -0.15) is 0 Å². The van der Waals surface area contributed by atoms with Crippen LogP contribution in [0, 0.1) is 13.8 Å². The molecule has 0 spiro atoms. The fourth-order valence-corrected chi connectivity index (χ4v) is 3.64. The molecule has 1 heterocycles. The predicted molar refractivity (Wildman–Crippen MR) is 117 cm³/mol. The highest BCUT2D eigenvalue weighted by Crippen LogP contribution is 2.34. The summed E-state index contributed by atoms with van der Waals surface area (Å²) in [5.41, 5.74) is 3.13. The number of carboxylic acids is 1. The summed E-state index contributed by atoms with van der Waals surface area (Å²) in [6, 6.07) is 12.0. The topological polar surface area (TPSA) is 113 Å². The molecule has 0 saturated carbocycles. The van der Waals surface area contributed by atoms with Gasteiger partial charge in [0.25, 0.3) is 11.1 Å². The second-order valence-electron chi connectivity index (χ2n) is 6.84. The Bertz CT molecular complexity index is 1100. The van der Waals surface area contributed by atoms with Gasteiger partial charge in [0.2, 0.25) is 5.91 Å². The van der Waals surface area contributed by atoms with E-state index in [0.717, 1.165) is 16.0 Å². The molecule has 0 aliphatic carbocycles. The number of nitrogens with one attached hydrogen (secondary N) is 1. The van der Waals surface area contributed by atoms with Gasteiger partial charge in [-0.05, 0) is 61.0 Å². The number of amides is 3. The highest BCUT2D eigenvalue weighted by Gasteiger charge is 2.36. The lowest BCUT2D eigenvalue weighted by molar-refractivity contribution is -0.139. The molecule has 2 N–H and O–H groups in total. The quantitative estimate of drug-likeness (QED) is 0.634. The van der Waals surface area contributed by atoms with Crippen molar-refractivity contribution in [2.24, 2.45) is 0 Å². The number of carbonyl (C=O) groups excluding carboxylic acids is 3. The molecule has 9 heteroatoms. The number of para-hydroxylation sites is 1. The monoisotopic (exact) mass is 440 g/mol. The van der Waals surface area contributed by atoms with Gasteiger partial charge >= 0.3 is 5.97 Å². The van der Waals surface area contributed by atoms with Crippen LogP contribution >= 0.6 is 11.8 Å². The maximum atomic E-state index is 12.7. The summed E-state index contributed by atoms with van der Waals surface area (Å²) in [4.78, 5) is 49.1. The van der Waals surface area contributed by atoms with Crippen LogP contribution in [0.25, 0.3) is 6.08 Å². The summed E-state index contributed by atoms with van der Waals surface area (Å²) >= 11 is 0.709. The Morgan fingerprint density at radius 3 is 2.58 bits per heavy atom. The molecule has 3 rings (SSSR count). The second-order valence-corrected chi connectivity index (χ2v) is 7.83. The zero-order valence-electron chi connectivity index (χ0n) is 16.9. The second kappa shape index (κ2) is 9.48. The maximum absolute atomic E-state index is 12.7. The molecule has 0 atom stereocenters. The van der Waals surface area contributed by atoms with Crippen molar-refractivity contribution in [3.05, 3.63) is 64.1 Å². The smallest absolute Gasteiger partial charge is 0.341 e. The SMILES string of the molecule is Cc1ccc(NC(=O)CN2C(=O)S/C(=C/c3ccccc3OCC(=O)O)C2=O)cc1C. The normalized spacial score (nSPS) is 14.8. The van der Waals surface area contributed by atoms with E-state index in [1.165, 1.54) is 6.08 Å². The number of aliphatic carboxylic acids is 1. The van der Waals surface area contributed by atoms with Crippen molar-refractivity contribution in [3.63, 3.8) is 0 Å². The minimum Gasteiger partial charge on any atom is -0.481 e. The molecule has 1 aliphatic heterocycles. The zero-order chi connectivity index (χ0) is 22.5. The summed E-state index contributed by atoms with van der Waals surface area (Å²) in [5, 5.41) is 10.9. The number of aryl methyl sites for hydroxylation is 2. The molecule has 3 amide bonds. The van der Waals surface area contributed by atoms with Gasteiger partial charge in [-0.15, -0.1) is 0 Å². The van der Waals surface area contributed by atoms with Gasteiger partial charge < -0.3 is 15.2 Å². The number of thioether (sulfide) groups is 1. The summed E-state index contributed by atoms with van der Waals surface area (Å²) in [6.07, 6.45) is 1.45. The molecule has 8 nitrogen and oxygen atoms in total. The average Bonchev–Trinajstić information content (AvgIpc) is 2.97. The van der Waals surface area contributed by atoms with Crippen molar-refractivity contribution < 1.29 is 29.0 Å². The first-order valence-corrected chi connectivity index (χ1v) is 10.1. The van der Waals surface area contributed by atoms with Crippen molar-refractivity contribution in [2.45, 2.75) is 13.8 Å². The van der Waals surface area contributed by atoms with Gasteiger partial charge in [0.15, 0.2) is 6.61 Å². The zero-order valence-corrected chi connectivity index (χ0v) is 17.7. The summed E-state index contributed by atoms with van der Waals surface area (Å²) in [6.45, 7) is 2.93. The van der Waals surface area contributed by atoms with Gasteiger partial charge in [-0.25, -0.2) is 4.79 Å². The molecule has 160 valence electrons. The third-order valence-electron chi connectivity index (χ3n) is 4.52. The Morgan fingerprint density at radius 2 is 1.87 bits per heavy atom. The average molecular weight is 440 g/mol. The van der Waals surface area contributed by atoms with Gasteiger partial charge in [0.1, 0.15) is 12.3 Å². The lowest BCUT2D eigenvalue weighted by atomic mass is 10.1.